The van der Waals surface area contributed by atoms with Crippen molar-refractivity contribution in [2.75, 3.05) is 7.05 Å². The van der Waals surface area contributed by atoms with Crippen LogP contribution in [0.4, 0.5) is 0 Å². The van der Waals surface area contributed by atoms with Gasteiger partial charge in [0.25, 0.3) is 0 Å². The van der Waals surface area contributed by atoms with Crippen LogP contribution in [0.25, 0.3) is 0 Å². The molecule has 1 heterocycles. The lowest BCUT2D eigenvalue weighted by Crippen LogP contribution is -2.37. The van der Waals surface area contributed by atoms with E-state index in [1.165, 1.54) is 25.7 Å². The first-order chi connectivity index (χ1) is 8.87. The summed E-state index contributed by atoms with van der Waals surface area (Å²) in [7, 11) is 2.15. The molecule has 1 fully saturated rings. The highest BCUT2D eigenvalue weighted by atomic mass is 35.5. The van der Waals surface area contributed by atoms with E-state index in [0.717, 1.165) is 12.2 Å². The summed E-state index contributed by atoms with van der Waals surface area (Å²) in [4.78, 5) is 6.69. The number of pyridine rings is 1. The Labute approximate surface area is 126 Å². The second-order valence-corrected chi connectivity index (χ2v) is 7.17. The molecule has 0 amide bonds. The fourth-order valence-electron chi connectivity index (χ4n) is 2.76. The van der Waals surface area contributed by atoms with Crippen molar-refractivity contribution in [3.63, 3.8) is 0 Å². The third-order valence-corrected chi connectivity index (χ3v) is 4.77. The summed E-state index contributed by atoms with van der Waals surface area (Å²) in [6.07, 6.45) is 5.08. The summed E-state index contributed by atoms with van der Waals surface area (Å²) in [5.74, 6) is 0. The van der Waals surface area contributed by atoms with E-state index in [0.29, 0.717) is 21.6 Å². The molecule has 4 heteroatoms. The van der Waals surface area contributed by atoms with Crippen LogP contribution in [0.2, 0.25) is 10.2 Å². The lowest BCUT2D eigenvalue weighted by Gasteiger charge is -2.38. The zero-order valence-corrected chi connectivity index (χ0v) is 13.4. The first-order valence-electron chi connectivity index (χ1n) is 6.88. The van der Waals surface area contributed by atoms with E-state index < -0.39 is 0 Å². The highest BCUT2D eigenvalue weighted by Gasteiger charge is 2.29. The van der Waals surface area contributed by atoms with Crippen LogP contribution in [0.15, 0.2) is 12.1 Å². The molecule has 0 spiro atoms. The van der Waals surface area contributed by atoms with Gasteiger partial charge in [-0.1, -0.05) is 37.0 Å². The number of hydrogen-bond donors (Lipinski definition) is 0. The maximum Gasteiger partial charge on any atom is 0.129 e. The molecule has 0 N–H and O–H groups in total. The molecule has 0 aromatic carbocycles. The van der Waals surface area contributed by atoms with Crippen LogP contribution in [0, 0.1) is 5.41 Å². The van der Waals surface area contributed by atoms with Crippen LogP contribution in [0.5, 0.6) is 0 Å². The fourth-order valence-corrected chi connectivity index (χ4v) is 3.09. The Bertz CT molecular complexity index is 436. The van der Waals surface area contributed by atoms with Crippen LogP contribution >= 0.6 is 23.2 Å². The predicted molar refractivity (Wildman–Crippen MR) is 81.8 cm³/mol. The van der Waals surface area contributed by atoms with E-state index in [4.69, 9.17) is 23.2 Å². The summed E-state index contributed by atoms with van der Waals surface area (Å²) in [5.41, 5.74) is 1.38. The van der Waals surface area contributed by atoms with Gasteiger partial charge in [0.05, 0.1) is 10.7 Å². The smallest absolute Gasteiger partial charge is 0.129 e. The van der Waals surface area contributed by atoms with E-state index in [1.807, 2.05) is 6.07 Å². The average Bonchev–Trinajstić information content (AvgIpc) is 2.33. The Hall–Kier alpha value is -0.310. The van der Waals surface area contributed by atoms with Gasteiger partial charge in [0, 0.05) is 12.6 Å². The molecule has 0 atom stereocenters. The van der Waals surface area contributed by atoms with E-state index in [2.05, 4.69) is 30.8 Å². The minimum atomic E-state index is 0.503. The van der Waals surface area contributed by atoms with Crippen molar-refractivity contribution < 1.29 is 0 Å². The van der Waals surface area contributed by atoms with Gasteiger partial charge in [0.2, 0.25) is 0 Å². The predicted octanol–water partition coefficient (Wildman–Crippen LogP) is 4.79. The second kappa shape index (κ2) is 5.99. The van der Waals surface area contributed by atoms with Gasteiger partial charge in [-0.25, -0.2) is 4.98 Å². The Kier molecular flexibility index (Phi) is 4.75. The summed E-state index contributed by atoms with van der Waals surface area (Å²) in [5, 5.41) is 1.21. The molecule has 106 valence electrons. The van der Waals surface area contributed by atoms with Gasteiger partial charge in [-0.15, -0.1) is 0 Å². The fraction of sp³-hybridized carbons (Fsp3) is 0.667. The molecule has 1 saturated carbocycles. The molecule has 0 bridgehead atoms. The first-order valence-corrected chi connectivity index (χ1v) is 7.64. The lowest BCUT2D eigenvalue weighted by atomic mass is 9.75. The van der Waals surface area contributed by atoms with Crippen molar-refractivity contribution in [3.05, 3.63) is 28.0 Å². The van der Waals surface area contributed by atoms with Crippen molar-refractivity contribution in [2.24, 2.45) is 5.41 Å². The Morgan fingerprint density at radius 1 is 1.26 bits per heavy atom. The molecule has 0 saturated heterocycles. The third kappa shape index (κ3) is 4.08. The normalized spacial score (nSPS) is 19.9. The zero-order chi connectivity index (χ0) is 14.0. The Morgan fingerprint density at radius 3 is 2.53 bits per heavy atom. The SMILES string of the molecule is CN(Cc1nc(Cl)ccc1Cl)C1CCC(C)(C)CC1. The van der Waals surface area contributed by atoms with Crippen LogP contribution in [-0.4, -0.2) is 23.0 Å². The number of rotatable bonds is 3. The molecular formula is C15H22Cl2N2. The number of nitrogens with zero attached hydrogens (tertiary/aromatic N) is 2. The summed E-state index contributed by atoms with van der Waals surface area (Å²) in [6.45, 7) is 5.49. The number of aromatic nitrogens is 1. The van der Waals surface area contributed by atoms with Gasteiger partial charge >= 0.3 is 0 Å². The highest BCUT2D eigenvalue weighted by Crippen LogP contribution is 2.37. The maximum absolute atomic E-state index is 6.18. The van der Waals surface area contributed by atoms with Crippen molar-refractivity contribution in [3.8, 4) is 0 Å². The van der Waals surface area contributed by atoms with Crippen molar-refractivity contribution in [2.45, 2.75) is 52.1 Å². The zero-order valence-electron chi connectivity index (χ0n) is 11.9. The largest absolute Gasteiger partial charge is 0.298 e. The second-order valence-electron chi connectivity index (χ2n) is 6.37. The van der Waals surface area contributed by atoms with Gasteiger partial charge in [0.15, 0.2) is 0 Å². The minimum Gasteiger partial charge on any atom is -0.298 e. The average molecular weight is 301 g/mol. The van der Waals surface area contributed by atoms with E-state index in [1.54, 1.807) is 6.07 Å². The molecule has 0 unspecified atom stereocenters. The molecule has 1 aliphatic rings. The van der Waals surface area contributed by atoms with Crippen molar-refractivity contribution in [1.82, 2.24) is 9.88 Å². The maximum atomic E-state index is 6.18. The number of halogens is 2. The molecule has 2 rings (SSSR count). The summed E-state index contributed by atoms with van der Waals surface area (Å²) < 4.78 is 0. The molecule has 0 radical (unpaired) electrons. The van der Waals surface area contributed by atoms with Crippen molar-refractivity contribution >= 4 is 23.2 Å². The molecule has 19 heavy (non-hydrogen) atoms. The van der Waals surface area contributed by atoms with Crippen LogP contribution in [-0.2, 0) is 6.54 Å². The van der Waals surface area contributed by atoms with Crippen LogP contribution in [0.1, 0.15) is 45.2 Å². The quantitative estimate of drug-likeness (QED) is 0.746. The van der Waals surface area contributed by atoms with Gasteiger partial charge in [-0.2, -0.15) is 0 Å². The van der Waals surface area contributed by atoms with Crippen molar-refractivity contribution in [1.29, 1.82) is 0 Å². The molecular weight excluding hydrogens is 279 g/mol. The molecule has 1 aromatic rings. The van der Waals surface area contributed by atoms with Gasteiger partial charge in [0.1, 0.15) is 5.15 Å². The Morgan fingerprint density at radius 2 is 1.89 bits per heavy atom. The summed E-state index contributed by atoms with van der Waals surface area (Å²) >= 11 is 12.1. The third-order valence-electron chi connectivity index (χ3n) is 4.22. The van der Waals surface area contributed by atoms with E-state index >= 15 is 0 Å². The molecule has 1 aromatic heterocycles. The van der Waals surface area contributed by atoms with E-state index in [9.17, 15) is 0 Å². The monoisotopic (exact) mass is 300 g/mol. The molecule has 0 aliphatic heterocycles. The summed E-state index contributed by atoms with van der Waals surface area (Å²) in [6, 6.07) is 4.19. The van der Waals surface area contributed by atoms with Crippen LogP contribution < -0.4 is 0 Å². The topological polar surface area (TPSA) is 16.1 Å². The lowest BCUT2D eigenvalue weighted by molar-refractivity contribution is 0.122. The first kappa shape index (κ1) is 15.1. The van der Waals surface area contributed by atoms with Gasteiger partial charge in [-0.05, 0) is 50.3 Å². The molecule has 2 nitrogen and oxygen atoms in total. The van der Waals surface area contributed by atoms with Crippen LogP contribution in [0.3, 0.4) is 0 Å². The molecule has 1 aliphatic carbocycles. The van der Waals surface area contributed by atoms with Gasteiger partial charge in [-0.3, -0.25) is 4.90 Å². The number of hydrogen-bond acceptors (Lipinski definition) is 2. The van der Waals surface area contributed by atoms with E-state index in [-0.39, 0.29) is 0 Å². The standard InChI is InChI=1S/C15H22Cl2N2/c1-15(2)8-6-11(7-9-15)19(3)10-13-12(16)4-5-14(17)18-13/h4-5,11H,6-10H2,1-3H3. The highest BCUT2D eigenvalue weighted by molar-refractivity contribution is 6.32. The van der Waals surface area contributed by atoms with Gasteiger partial charge < -0.3 is 0 Å². The minimum absolute atomic E-state index is 0.503. The Balaban J connectivity index is 1.98.